The lowest BCUT2D eigenvalue weighted by atomic mass is 10.2. The molecule has 3 rings (SSSR count). The standard InChI is InChI=1S/C18H13ClF4N4O2/c19-11-2-1-3-14(10-11)29-9-8-24-17(28)15-16(18(21,22)23)27(26-25-15)13-6-4-12(20)5-7-13/h1-7,10H,8-9H2,(H,24,28). The van der Waals surface area contributed by atoms with Crippen LogP contribution in [0.25, 0.3) is 5.69 Å². The van der Waals surface area contributed by atoms with Crippen molar-refractivity contribution in [1.82, 2.24) is 20.3 Å². The van der Waals surface area contributed by atoms with E-state index in [1.54, 1.807) is 24.3 Å². The fourth-order valence-corrected chi connectivity index (χ4v) is 2.61. The molecule has 0 aliphatic rings. The Morgan fingerprint density at radius 1 is 1.17 bits per heavy atom. The Hall–Kier alpha value is -3.14. The van der Waals surface area contributed by atoms with Gasteiger partial charge in [-0.2, -0.15) is 13.2 Å². The van der Waals surface area contributed by atoms with E-state index in [0.29, 0.717) is 15.5 Å². The number of nitrogens with zero attached hydrogens (tertiary/aromatic N) is 3. The molecule has 0 saturated heterocycles. The smallest absolute Gasteiger partial charge is 0.435 e. The Kier molecular flexibility index (Phi) is 6.02. The molecule has 152 valence electrons. The normalized spacial score (nSPS) is 11.3. The minimum absolute atomic E-state index is 0.000464. The summed E-state index contributed by atoms with van der Waals surface area (Å²) in [5.74, 6) is -1.24. The third-order valence-corrected chi connectivity index (χ3v) is 3.91. The molecule has 0 aliphatic carbocycles. The molecular formula is C18H13ClF4N4O2. The van der Waals surface area contributed by atoms with Crippen LogP contribution in [0.2, 0.25) is 5.02 Å². The second-order valence-corrected chi connectivity index (χ2v) is 6.17. The molecule has 0 spiro atoms. The Bertz CT molecular complexity index is 1010. The number of carbonyl (C=O) groups excluding carboxylic acids is 1. The van der Waals surface area contributed by atoms with Crippen molar-refractivity contribution >= 4 is 17.5 Å². The van der Waals surface area contributed by atoms with Gasteiger partial charge < -0.3 is 10.1 Å². The van der Waals surface area contributed by atoms with Gasteiger partial charge in [0, 0.05) is 5.02 Å². The maximum Gasteiger partial charge on any atom is 0.435 e. The van der Waals surface area contributed by atoms with E-state index in [0.717, 1.165) is 24.3 Å². The Morgan fingerprint density at radius 3 is 2.55 bits per heavy atom. The molecule has 0 bridgehead atoms. The summed E-state index contributed by atoms with van der Waals surface area (Å²) in [4.78, 5) is 12.2. The number of benzene rings is 2. The summed E-state index contributed by atoms with van der Waals surface area (Å²) in [6.07, 6.45) is -4.91. The highest BCUT2D eigenvalue weighted by Crippen LogP contribution is 2.32. The van der Waals surface area contributed by atoms with Gasteiger partial charge in [0.2, 0.25) is 0 Å². The van der Waals surface area contributed by atoms with Gasteiger partial charge in [-0.05, 0) is 42.5 Å². The Balaban J connectivity index is 1.72. The van der Waals surface area contributed by atoms with E-state index in [-0.39, 0.29) is 18.8 Å². The van der Waals surface area contributed by atoms with Crippen LogP contribution in [0.5, 0.6) is 5.75 Å². The van der Waals surface area contributed by atoms with E-state index in [2.05, 4.69) is 15.6 Å². The molecule has 0 radical (unpaired) electrons. The molecule has 29 heavy (non-hydrogen) atoms. The second-order valence-electron chi connectivity index (χ2n) is 5.73. The van der Waals surface area contributed by atoms with Crippen LogP contribution in [-0.4, -0.2) is 34.1 Å². The molecule has 1 heterocycles. The first-order chi connectivity index (χ1) is 13.8. The van der Waals surface area contributed by atoms with Crippen LogP contribution >= 0.6 is 11.6 Å². The van der Waals surface area contributed by atoms with Crippen LogP contribution in [-0.2, 0) is 6.18 Å². The largest absolute Gasteiger partial charge is 0.492 e. The van der Waals surface area contributed by atoms with Gasteiger partial charge in [0.1, 0.15) is 18.2 Å². The summed E-state index contributed by atoms with van der Waals surface area (Å²) in [5.41, 5.74) is -2.35. The van der Waals surface area contributed by atoms with Crippen molar-refractivity contribution in [2.24, 2.45) is 0 Å². The topological polar surface area (TPSA) is 69.0 Å². The lowest BCUT2D eigenvalue weighted by Crippen LogP contribution is -2.30. The number of amides is 1. The van der Waals surface area contributed by atoms with Crippen molar-refractivity contribution in [3.05, 3.63) is 70.8 Å². The number of hydrogen-bond acceptors (Lipinski definition) is 4. The van der Waals surface area contributed by atoms with Gasteiger partial charge in [0.25, 0.3) is 5.91 Å². The second kappa shape index (κ2) is 8.48. The lowest BCUT2D eigenvalue weighted by molar-refractivity contribution is -0.143. The zero-order chi connectivity index (χ0) is 21.0. The van der Waals surface area contributed by atoms with Crippen LogP contribution in [0, 0.1) is 5.82 Å². The third-order valence-electron chi connectivity index (χ3n) is 3.68. The average molecular weight is 429 g/mol. The first kappa shape index (κ1) is 20.6. The third kappa shape index (κ3) is 5.02. The number of halogens is 5. The van der Waals surface area contributed by atoms with Crippen LogP contribution in [0.4, 0.5) is 17.6 Å². The number of ether oxygens (including phenoxy) is 1. The molecule has 0 fully saturated rings. The molecule has 0 aliphatic heterocycles. The summed E-state index contributed by atoms with van der Waals surface area (Å²) >= 11 is 5.82. The van der Waals surface area contributed by atoms with Gasteiger partial charge in [0.05, 0.1) is 12.2 Å². The zero-order valence-corrected chi connectivity index (χ0v) is 15.3. The number of alkyl halides is 3. The SMILES string of the molecule is O=C(NCCOc1cccc(Cl)c1)c1nnn(-c2ccc(F)cc2)c1C(F)(F)F. The van der Waals surface area contributed by atoms with Crippen LogP contribution in [0.1, 0.15) is 16.2 Å². The van der Waals surface area contributed by atoms with E-state index in [1.807, 2.05) is 0 Å². The number of carbonyl (C=O) groups is 1. The van der Waals surface area contributed by atoms with Gasteiger partial charge in [0.15, 0.2) is 11.4 Å². The van der Waals surface area contributed by atoms with Gasteiger partial charge in [-0.1, -0.05) is 22.9 Å². The van der Waals surface area contributed by atoms with Crippen LogP contribution in [0.3, 0.4) is 0 Å². The number of rotatable bonds is 6. The predicted octanol–water partition coefficient (Wildman–Crippen LogP) is 3.89. The van der Waals surface area contributed by atoms with Gasteiger partial charge in [-0.15, -0.1) is 5.10 Å². The summed E-state index contributed by atoms with van der Waals surface area (Å²) < 4.78 is 59.4. The fourth-order valence-electron chi connectivity index (χ4n) is 2.43. The first-order valence-electron chi connectivity index (χ1n) is 8.21. The highest BCUT2D eigenvalue weighted by Gasteiger charge is 2.41. The van der Waals surface area contributed by atoms with Crippen molar-refractivity contribution in [1.29, 1.82) is 0 Å². The fraction of sp³-hybridized carbons (Fsp3) is 0.167. The summed E-state index contributed by atoms with van der Waals surface area (Å²) in [7, 11) is 0. The van der Waals surface area contributed by atoms with Crippen molar-refractivity contribution in [3.8, 4) is 11.4 Å². The maximum atomic E-state index is 13.5. The maximum absolute atomic E-state index is 13.5. The van der Waals surface area contributed by atoms with Crippen molar-refractivity contribution < 1.29 is 27.1 Å². The number of nitrogens with one attached hydrogen (secondary N) is 1. The summed E-state index contributed by atoms with van der Waals surface area (Å²) in [6, 6.07) is 10.7. The van der Waals surface area contributed by atoms with Crippen LogP contribution < -0.4 is 10.1 Å². The molecule has 0 atom stereocenters. The lowest BCUT2D eigenvalue weighted by Gasteiger charge is -2.11. The minimum atomic E-state index is -4.91. The van der Waals surface area contributed by atoms with Crippen molar-refractivity contribution in [2.75, 3.05) is 13.2 Å². The monoisotopic (exact) mass is 428 g/mol. The predicted molar refractivity (Wildman–Crippen MR) is 95.6 cm³/mol. The van der Waals surface area contributed by atoms with Gasteiger partial charge >= 0.3 is 6.18 Å². The molecule has 1 N–H and O–H groups in total. The summed E-state index contributed by atoms with van der Waals surface area (Å²) in [6.45, 7) is -0.0778. The quantitative estimate of drug-likeness (QED) is 0.478. The van der Waals surface area contributed by atoms with E-state index in [4.69, 9.17) is 16.3 Å². The van der Waals surface area contributed by atoms with E-state index in [9.17, 15) is 22.4 Å². The van der Waals surface area contributed by atoms with E-state index >= 15 is 0 Å². The highest BCUT2D eigenvalue weighted by molar-refractivity contribution is 6.30. The first-order valence-corrected chi connectivity index (χ1v) is 8.59. The zero-order valence-electron chi connectivity index (χ0n) is 14.6. The Morgan fingerprint density at radius 2 is 1.90 bits per heavy atom. The average Bonchev–Trinajstić information content (AvgIpc) is 3.11. The van der Waals surface area contributed by atoms with Gasteiger partial charge in [-0.3, -0.25) is 4.79 Å². The highest BCUT2D eigenvalue weighted by atomic mass is 35.5. The molecule has 2 aromatic carbocycles. The van der Waals surface area contributed by atoms with E-state index in [1.165, 1.54) is 0 Å². The molecule has 1 amide bonds. The molecule has 1 aromatic heterocycles. The molecule has 0 unspecified atom stereocenters. The van der Waals surface area contributed by atoms with Gasteiger partial charge in [-0.25, -0.2) is 9.07 Å². The Labute approximate surface area is 167 Å². The number of hydrogen-bond donors (Lipinski definition) is 1. The summed E-state index contributed by atoms with van der Waals surface area (Å²) in [5, 5.41) is 9.52. The minimum Gasteiger partial charge on any atom is -0.492 e. The van der Waals surface area contributed by atoms with Crippen LogP contribution in [0.15, 0.2) is 48.5 Å². The van der Waals surface area contributed by atoms with Crippen molar-refractivity contribution in [2.45, 2.75) is 6.18 Å². The molecule has 11 heteroatoms. The number of aromatic nitrogens is 3. The molecule has 6 nitrogen and oxygen atoms in total. The molecule has 3 aromatic rings. The van der Waals surface area contributed by atoms with Crippen molar-refractivity contribution in [3.63, 3.8) is 0 Å². The van der Waals surface area contributed by atoms with E-state index < -0.39 is 29.3 Å². The molecule has 0 saturated carbocycles. The molecular weight excluding hydrogens is 416 g/mol.